The van der Waals surface area contributed by atoms with E-state index in [1.54, 1.807) is 37.3 Å². The highest BCUT2D eigenvalue weighted by Crippen LogP contribution is 2.37. The average molecular weight is 676 g/mol. The van der Waals surface area contributed by atoms with E-state index in [1.165, 1.54) is 63.7 Å². The molecule has 0 heterocycles. The number of rotatable bonds is 16. The standard InChI is InChI=1S/C33H42ClN3O8S/c1-8-22(3)35-33(39)27(9-2)36(20-23-11-10-12-25(17-23)42-4)32(38)21-37(28-18-24(34)13-15-29(28)43-5)46(40,41)26-14-16-30(44-6)31(19-26)45-7/h10-19,22,27H,8-9,20-21H2,1-7H3,(H,35,39)/t22-,27+/m0/s1. The fourth-order valence-corrected chi connectivity index (χ4v) is 6.40. The third kappa shape index (κ3) is 8.55. The van der Waals surface area contributed by atoms with Gasteiger partial charge in [-0.3, -0.25) is 13.9 Å². The SMILES string of the molecule is CC[C@H](C(=O)N[C@@H](C)CC)N(Cc1cccc(OC)c1)C(=O)CN(c1cc(Cl)ccc1OC)S(=O)(=O)c1ccc(OC)c(OC)c1. The Balaban J connectivity index is 2.18. The van der Waals surface area contributed by atoms with Crippen LogP contribution in [0, 0.1) is 0 Å². The van der Waals surface area contributed by atoms with Crippen molar-refractivity contribution in [2.45, 2.75) is 57.1 Å². The molecule has 1 N–H and O–H groups in total. The third-order valence-electron chi connectivity index (χ3n) is 7.51. The highest BCUT2D eigenvalue weighted by atomic mass is 35.5. The van der Waals surface area contributed by atoms with E-state index in [0.29, 0.717) is 23.5 Å². The number of nitrogens with zero attached hydrogens (tertiary/aromatic N) is 2. The minimum atomic E-state index is -4.46. The number of ether oxygens (including phenoxy) is 4. The van der Waals surface area contributed by atoms with Crippen molar-refractivity contribution in [1.29, 1.82) is 0 Å². The Morgan fingerprint density at radius 2 is 1.52 bits per heavy atom. The second kappa shape index (κ2) is 16.4. The lowest BCUT2D eigenvalue weighted by Gasteiger charge is -2.34. The lowest BCUT2D eigenvalue weighted by atomic mass is 10.1. The molecule has 0 saturated carbocycles. The van der Waals surface area contributed by atoms with Crippen LogP contribution in [-0.2, 0) is 26.2 Å². The molecule has 11 nitrogen and oxygen atoms in total. The van der Waals surface area contributed by atoms with Crippen molar-refractivity contribution in [1.82, 2.24) is 10.2 Å². The van der Waals surface area contributed by atoms with E-state index >= 15 is 0 Å². The molecule has 3 rings (SSSR count). The van der Waals surface area contributed by atoms with Crippen LogP contribution in [0.3, 0.4) is 0 Å². The summed E-state index contributed by atoms with van der Waals surface area (Å²) in [7, 11) is 1.29. The van der Waals surface area contributed by atoms with Gasteiger partial charge >= 0.3 is 0 Å². The van der Waals surface area contributed by atoms with Gasteiger partial charge in [-0.2, -0.15) is 0 Å². The summed E-state index contributed by atoms with van der Waals surface area (Å²) in [4.78, 5) is 29.2. The van der Waals surface area contributed by atoms with Gasteiger partial charge in [0.1, 0.15) is 24.1 Å². The molecular formula is C33H42ClN3O8S. The first-order chi connectivity index (χ1) is 21.9. The zero-order valence-electron chi connectivity index (χ0n) is 27.2. The summed E-state index contributed by atoms with van der Waals surface area (Å²) in [6, 6.07) is 14.7. The zero-order chi connectivity index (χ0) is 34.0. The van der Waals surface area contributed by atoms with Crippen LogP contribution < -0.4 is 28.6 Å². The van der Waals surface area contributed by atoms with E-state index in [9.17, 15) is 18.0 Å². The van der Waals surface area contributed by atoms with Gasteiger partial charge in [0.2, 0.25) is 11.8 Å². The maximum Gasteiger partial charge on any atom is 0.265 e. The van der Waals surface area contributed by atoms with E-state index in [4.69, 9.17) is 30.5 Å². The first kappa shape index (κ1) is 36.3. The number of carbonyl (C=O) groups is 2. The van der Waals surface area contributed by atoms with Gasteiger partial charge in [0, 0.05) is 23.7 Å². The van der Waals surface area contributed by atoms with Gasteiger partial charge in [-0.1, -0.05) is 37.6 Å². The maximum absolute atomic E-state index is 14.4. The molecule has 0 aliphatic rings. The van der Waals surface area contributed by atoms with Crippen molar-refractivity contribution >= 4 is 39.1 Å². The smallest absolute Gasteiger partial charge is 0.265 e. The van der Waals surface area contributed by atoms with E-state index in [2.05, 4.69) is 5.32 Å². The number of halogens is 1. The molecule has 13 heteroatoms. The molecule has 0 bridgehead atoms. The Bertz CT molecular complexity index is 1620. The van der Waals surface area contributed by atoms with Crippen LogP contribution >= 0.6 is 11.6 Å². The predicted octanol–water partition coefficient (Wildman–Crippen LogP) is 5.29. The minimum absolute atomic E-state index is 0.0133. The van der Waals surface area contributed by atoms with E-state index < -0.39 is 28.5 Å². The topological polar surface area (TPSA) is 124 Å². The van der Waals surface area contributed by atoms with Gasteiger partial charge in [-0.15, -0.1) is 0 Å². The molecule has 2 atom stereocenters. The highest BCUT2D eigenvalue weighted by molar-refractivity contribution is 7.92. The molecule has 0 aromatic heterocycles. The molecule has 46 heavy (non-hydrogen) atoms. The number of methoxy groups -OCH3 is 4. The van der Waals surface area contributed by atoms with Crippen LogP contribution in [0.4, 0.5) is 5.69 Å². The van der Waals surface area contributed by atoms with Crippen molar-refractivity contribution < 1.29 is 37.0 Å². The van der Waals surface area contributed by atoms with Gasteiger partial charge in [0.05, 0.1) is 39.0 Å². The van der Waals surface area contributed by atoms with E-state index in [-0.39, 0.29) is 52.0 Å². The number of carbonyl (C=O) groups excluding carboxylic acids is 2. The number of hydrogen-bond donors (Lipinski definition) is 1. The molecule has 0 radical (unpaired) electrons. The molecule has 0 spiro atoms. The summed E-state index contributed by atoms with van der Waals surface area (Å²) in [6.07, 6.45) is 0.971. The maximum atomic E-state index is 14.4. The Kier molecular flexibility index (Phi) is 13.0. The quantitative estimate of drug-likeness (QED) is 0.217. The van der Waals surface area contributed by atoms with Gasteiger partial charge in [-0.05, 0) is 67.8 Å². The number of nitrogens with one attached hydrogen (secondary N) is 1. The van der Waals surface area contributed by atoms with Crippen molar-refractivity contribution in [3.05, 3.63) is 71.2 Å². The van der Waals surface area contributed by atoms with Crippen molar-refractivity contribution in [2.75, 3.05) is 39.3 Å². The summed E-state index contributed by atoms with van der Waals surface area (Å²) in [5.41, 5.74) is 0.730. The molecule has 3 aromatic carbocycles. The molecule has 0 unspecified atom stereocenters. The number of benzene rings is 3. The number of anilines is 1. The van der Waals surface area contributed by atoms with Gasteiger partial charge < -0.3 is 29.2 Å². The Hall–Kier alpha value is -4.16. The number of amides is 2. The second-order valence-electron chi connectivity index (χ2n) is 10.5. The fourth-order valence-electron chi connectivity index (χ4n) is 4.80. The highest BCUT2D eigenvalue weighted by Gasteiger charge is 2.35. The number of hydrogen-bond acceptors (Lipinski definition) is 8. The first-order valence-corrected chi connectivity index (χ1v) is 16.6. The largest absolute Gasteiger partial charge is 0.497 e. The molecule has 0 fully saturated rings. The summed E-state index contributed by atoms with van der Waals surface area (Å²) in [6.45, 7) is 4.96. The average Bonchev–Trinajstić information content (AvgIpc) is 3.06. The van der Waals surface area contributed by atoms with E-state index in [0.717, 1.165) is 4.31 Å². The molecule has 0 saturated heterocycles. The predicted molar refractivity (Wildman–Crippen MR) is 178 cm³/mol. The van der Waals surface area contributed by atoms with Crippen LogP contribution in [0.5, 0.6) is 23.0 Å². The fraction of sp³-hybridized carbons (Fsp3) is 0.394. The van der Waals surface area contributed by atoms with Gasteiger partial charge in [0.25, 0.3) is 10.0 Å². The molecule has 3 aromatic rings. The summed E-state index contributed by atoms with van der Waals surface area (Å²) >= 11 is 6.34. The van der Waals surface area contributed by atoms with Crippen molar-refractivity contribution in [3.63, 3.8) is 0 Å². The van der Waals surface area contributed by atoms with Crippen LogP contribution in [0.25, 0.3) is 0 Å². The van der Waals surface area contributed by atoms with Crippen molar-refractivity contribution in [3.8, 4) is 23.0 Å². The molecule has 0 aliphatic heterocycles. The number of sulfonamides is 1. The molecular weight excluding hydrogens is 634 g/mol. The molecule has 2 amide bonds. The third-order valence-corrected chi connectivity index (χ3v) is 9.50. The van der Waals surface area contributed by atoms with Crippen LogP contribution in [0.2, 0.25) is 5.02 Å². The lowest BCUT2D eigenvalue weighted by Crippen LogP contribution is -2.53. The summed E-state index contributed by atoms with van der Waals surface area (Å²) in [5, 5.41) is 3.19. The van der Waals surface area contributed by atoms with Crippen LogP contribution in [-0.4, -0.2) is 72.2 Å². The summed E-state index contributed by atoms with van der Waals surface area (Å²) in [5.74, 6) is 0.278. The first-order valence-electron chi connectivity index (χ1n) is 14.7. The molecule has 250 valence electrons. The van der Waals surface area contributed by atoms with Crippen molar-refractivity contribution in [2.24, 2.45) is 0 Å². The molecule has 0 aliphatic carbocycles. The second-order valence-corrected chi connectivity index (χ2v) is 12.8. The minimum Gasteiger partial charge on any atom is -0.497 e. The normalized spacial score (nSPS) is 12.4. The Morgan fingerprint density at radius 3 is 2.13 bits per heavy atom. The monoisotopic (exact) mass is 675 g/mol. The van der Waals surface area contributed by atoms with Gasteiger partial charge in [0.15, 0.2) is 11.5 Å². The lowest BCUT2D eigenvalue weighted by molar-refractivity contribution is -0.140. The van der Waals surface area contributed by atoms with Gasteiger partial charge in [-0.25, -0.2) is 8.42 Å². The zero-order valence-corrected chi connectivity index (χ0v) is 28.8. The van der Waals surface area contributed by atoms with Crippen LogP contribution in [0.15, 0.2) is 65.6 Å². The Morgan fingerprint density at radius 1 is 0.848 bits per heavy atom. The van der Waals surface area contributed by atoms with E-state index in [1.807, 2.05) is 13.8 Å². The van der Waals surface area contributed by atoms with Crippen LogP contribution in [0.1, 0.15) is 39.2 Å². The summed E-state index contributed by atoms with van der Waals surface area (Å²) < 4.78 is 51.3. The Labute approximate surface area is 276 Å².